The summed E-state index contributed by atoms with van der Waals surface area (Å²) in [6.07, 6.45) is -0.308. The molecule has 0 aliphatic rings. The molecule has 0 aliphatic heterocycles. The molecule has 0 aliphatic carbocycles. The Balaban J connectivity index is 1.77. The second-order valence-electron chi connectivity index (χ2n) is 8.27. The number of hydroxylamine groups is 1. The van der Waals surface area contributed by atoms with Gasteiger partial charge in [0, 0.05) is 22.7 Å². The number of phenolic OH excluding ortho intramolecular Hbond substituents is 1. The van der Waals surface area contributed by atoms with Crippen LogP contribution >= 0.6 is 0 Å². The van der Waals surface area contributed by atoms with Gasteiger partial charge in [0.15, 0.2) is 12.2 Å². The van der Waals surface area contributed by atoms with Crippen molar-refractivity contribution in [3.8, 4) is 11.5 Å². The van der Waals surface area contributed by atoms with Crippen LogP contribution in [0, 0.1) is 6.92 Å². The number of phenols is 1. The molecule has 4 aromatic carbocycles. The Morgan fingerprint density at radius 2 is 1.54 bits per heavy atom. The lowest BCUT2D eigenvalue weighted by atomic mass is 9.96. The van der Waals surface area contributed by atoms with Crippen LogP contribution in [0.5, 0.6) is 11.5 Å². The summed E-state index contributed by atoms with van der Waals surface area (Å²) in [4.78, 5) is 24.9. The minimum Gasteiger partial charge on any atom is -0.507 e. The number of benzene rings is 4. The van der Waals surface area contributed by atoms with Gasteiger partial charge in [-0.15, -0.1) is 0 Å². The number of rotatable bonds is 8. The van der Waals surface area contributed by atoms with E-state index in [4.69, 9.17) is 14.7 Å². The summed E-state index contributed by atoms with van der Waals surface area (Å²) in [5, 5.41) is 23.3. The molecule has 188 valence electrons. The van der Waals surface area contributed by atoms with Crippen molar-refractivity contribution in [1.82, 2.24) is 5.48 Å². The monoisotopic (exact) mass is 498 g/mol. The van der Waals surface area contributed by atoms with Gasteiger partial charge < -0.3 is 14.6 Å². The minimum atomic E-state index is -1.06. The lowest BCUT2D eigenvalue weighted by Gasteiger charge is -2.27. The molecule has 2 amide bonds. The normalized spacial score (nSPS) is 12.6. The maximum Gasteiger partial charge on any atom is 0.412 e. The summed E-state index contributed by atoms with van der Waals surface area (Å²) < 4.78 is 12.1. The van der Waals surface area contributed by atoms with Gasteiger partial charge in [0.05, 0.1) is 0 Å². The van der Waals surface area contributed by atoms with Gasteiger partial charge in [-0.1, -0.05) is 66.2 Å². The number of aromatic hydroxyl groups is 1. The van der Waals surface area contributed by atoms with Gasteiger partial charge in [-0.25, -0.2) is 10.3 Å². The zero-order valence-electron chi connectivity index (χ0n) is 20.0. The zero-order valence-corrected chi connectivity index (χ0v) is 20.0. The van der Waals surface area contributed by atoms with Crippen LogP contribution in [0.3, 0.4) is 0 Å². The van der Waals surface area contributed by atoms with Gasteiger partial charge in [0.25, 0.3) is 5.91 Å². The van der Waals surface area contributed by atoms with Crippen molar-refractivity contribution < 1.29 is 29.4 Å². The first-order valence-electron chi connectivity index (χ1n) is 11.5. The van der Waals surface area contributed by atoms with Crippen molar-refractivity contribution in [3.05, 3.63) is 114 Å². The summed E-state index contributed by atoms with van der Waals surface area (Å²) in [7, 11) is 0. The third-order valence-corrected chi connectivity index (χ3v) is 5.63. The predicted octanol–water partition coefficient (Wildman–Crippen LogP) is 5.65. The molecule has 0 radical (unpaired) electrons. The van der Waals surface area contributed by atoms with E-state index in [1.54, 1.807) is 72.2 Å². The van der Waals surface area contributed by atoms with Crippen molar-refractivity contribution in [2.24, 2.45) is 0 Å². The van der Waals surface area contributed by atoms with Crippen LogP contribution < -0.4 is 15.5 Å². The predicted molar refractivity (Wildman–Crippen MR) is 140 cm³/mol. The van der Waals surface area contributed by atoms with Crippen LogP contribution in [0.2, 0.25) is 0 Å². The molecule has 0 fully saturated rings. The number of hydrogen-bond donors (Lipinski definition) is 4. The Labute approximate surface area is 213 Å². The highest BCUT2D eigenvalue weighted by Crippen LogP contribution is 2.35. The van der Waals surface area contributed by atoms with E-state index >= 15 is 0 Å². The maximum atomic E-state index is 13.1. The summed E-state index contributed by atoms with van der Waals surface area (Å²) in [6.45, 7) is 1.94. The van der Waals surface area contributed by atoms with E-state index in [1.807, 2.05) is 25.1 Å². The summed E-state index contributed by atoms with van der Waals surface area (Å²) in [6, 6.07) is 26.4. The van der Waals surface area contributed by atoms with E-state index in [2.05, 4.69) is 5.32 Å². The van der Waals surface area contributed by atoms with Crippen LogP contribution in [0.15, 0.2) is 103 Å². The molecule has 0 spiro atoms. The zero-order chi connectivity index (χ0) is 26.2. The fourth-order valence-electron chi connectivity index (χ4n) is 3.84. The Morgan fingerprint density at radius 3 is 2.24 bits per heavy atom. The van der Waals surface area contributed by atoms with Crippen molar-refractivity contribution in [2.75, 3.05) is 5.32 Å². The van der Waals surface area contributed by atoms with E-state index in [1.165, 1.54) is 12.1 Å². The highest BCUT2D eigenvalue weighted by molar-refractivity contribution is 5.92. The standard InChI is InChI=1S/C29H26N2O6/c1-19-11-13-20(14-12-19)30-29(34)37-28(24-15-16-25(32)23-10-6-5-9-22(23)24)26(17-18-27(33)31-35)36-21-7-3-2-4-8-21/h2-18,26,28,32,35H,1H3,(H,30,34)(H,31,33)/b18-17+/t26-,28-/m0/s1. The third kappa shape index (κ3) is 6.45. The van der Waals surface area contributed by atoms with Crippen molar-refractivity contribution in [1.29, 1.82) is 0 Å². The Bertz CT molecular complexity index is 1400. The van der Waals surface area contributed by atoms with Crippen LogP contribution in [-0.4, -0.2) is 28.4 Å². The first-order chi connectivity index (χ1) is 17.9. The largest absolute Gasteiger partial charge is 0.507 e. The highest BCUT2D eigenvalue weighted by Gasteiger charge is 2.30. The van der Waals surface area contributed by atoms with E-state index in [9.17, 15) is 14.7 Å². The number of para-hydroxylation sites is 1. The van der Waals surface area contributed by atoms with Gasteiger partial charge in [0.1, 0.15) is 11.5 Å². The fraction of sp³-hybridized carbons (Fsp3) is 0.103. The number of nitrogens with one attached hydrogen (secondary N) is 2. The second-order valence-corrected chi connectivity index (χ2v) is 8.27. The maximum absolute atomic E-state index is 13.1. The molecule has 0 unspecified atom stereocenters. The van der Waals surface area contributed by atoms with Gasteiger partial charge in [-0.2, -0.15) is 0 Å². The topological polar surface area (TPSA) is 117 Å². The molecule has 4 rings (SSSR count). The third-order valence-electron chi connectivity index (χ3n) is 5.63. The second kappa shape index (κ2) is 11.7. The summed E-state index contributed by atoms with van der Waals surface area (Å²) in [5.41, 5.74) is 3.67. The van der Waals surface area contributed by atoms with Crippen LogP contribution in [0.4, 0.5) is 10.5 Å². The number of hydrogen-bond acceptors (Lipinski definition) is 6. The number of fused-ring (bicyclic) bond motifs is 1. The SMILES string of the molecule is Cc1ccc(NC(=O)O[C@@H](c2ccc(O)c3ccccc23)[C@H](/C=C/C(=O)NO)Oc2ccccc2)cc1. The molecule has 0 heterocycles. The molecule has 2 atom stereocenters. The average Bonchev–Trinajstić information content (AvgIpc) is 2.92. The highest BCUT2D eigenvalue weighted by atomic mass is 16.6. The van der Waals surface area contributed by atoms with Crippen molar-refractivity contribution in [2.45, 2.75) is 19.1 Å². The van der Waals surface area contributed by atoms with Crippen LogP contribution in [-0.2, 0) is 9.53 Å². The Hall–Kier alpha value is -4.82. The average molecular weight is 499 g/mol. The number of amides is 2. The molecular weight excluding hydrogens is 472 g/mol. The molecule has 8 heteroatoms. The van der Waals surface area contributed by atoms with E-state index < -0.39 is 24.2 Å². The Kier molecular flexibility index (Phi) is 8.02. The molecular formula is C29H26N2O6. The number of anilines is 1. The minimum absolute atomic E-state index is 0.0675. The smallest absolute Gasteiger partial charge is 0.412 e. The number of ether oxygens (including phenoxy) is 2. The van der Waals surface area contributed by atoms with Crippen molar-refractivity contribution in [3.63, 3.8) is 0 Å². The molecule has 4 aromatic rings. The quantitative estimate of drug-likeness (QED) is 0.142. The van der Waals surface area contributed by atoms with E-state index in [-0.39, 0.29) is 5.75 Å². The molecule has 4 N–H and O–H groups in total. The summed E-state index contributed by atoms with van der Waals surface area (Å²) in [5.74, 6) is -0.241. The lowest BCUT2D eigenvalue weighted by molar-refractivity contribution is -0.124. The van der Waals surface area contributed by atoms with Crippen molar-refractivity contribution >= 4 is 28.5 Å². The number of carbonyl (C=O) groups is 2. The number of aryl methyl sites for hydroxylation is 1. The molecule has 0 aromatic heterocycles. The number of carbonyl (C=O) groups excluding carboxylic acids is 2. The molecule has 0 bridgehead atoms. The first kappa shape index (κ1) is 25.3. The summed E-state index contributed by atoms with van der Waals surface area (Å²) >= 11 is 0. The molecule has 37 heavy (non-hydrogen) atoms. The molecule has 0 saturated carbocycles. The van der Waals surface area contributed by atoms with Crippen LogP contribution in [0.1, 0.15) is 17.2 Å². The Morgan fingerprint density at radius 1 is 0.865 bits per heavy atom. The van der Waals surface area contributed by atoms with Crippen LogP contribution in [0.25, 0.3) is 10.8 Å². The van der Waals surface area contributed by atoms with E-state index in [0.717, 1.165) is 11.6 Å². The molecule has 8 nitrogen and oxygen atoms in total. The molecule has 0 saturated heterocycles. The lowest BCUT2D eigenvalue weighted by Crippen LogP contribution is -2.30. The van der Waals surface area contributed by atoms with Gasteiger partial charge in [-0.05, 0) is 48.7 Å². The van der Waals surface area contributed by atoms with Gasteiger partial charge >= 0.3 is 6.09 Å². The van der Waals surface area contributed by atoms with E-state index in [0.29, 0.717) is 27.8 Å². The first-order valence-corrected chi connectivity index (χ1v) is 11.5. The van der Waals surface area contributed by atoms with Gasteiger partial charge in [0.2, 0.25) is 0 Å². The fourth-order valence-corrected chi connectivity index (χ4v) is 3.84. The van der Waals surface area contributed by atoms with Gasteiger partial charge in [-0.3, -0.25) is 15.3 Å².